The molecule has 2 N–H and O–H groups in total. The van der Waals surface area contributed by atoms with Crippen LogP contribution in [0.3, 0.4) is 0 Å². The van der Waals surface area contributed by atoms with Gasteiger partial charge in [0.2, 0.25) is 0 Å². The van der Waals surface area contributed by atoms with E-state index in [9.17, 15) is 8.42 Å². The van der Waals surface area contributed by atoms with Gasteiger partial charge in [0.25, 0.3) is 0 Å². The van der Waals surface area contributed by atoms with E-state index in [1.54, 1.807) is 12.1 Å². The van der Waals surface area contributed by atoms with Crippen LogP contribution < -0.4 is 10.6 Å². The van der Waals surface area contributed by atoms with Crippen LogP contribution in [0.15, 0.2) is 70.7 Å². The molecule has 0 atom stereocenters. The highest BCUT2D eigenvalue weighted by Gasteiger charge is 2.06. The summed E-state index contributed by atoms with van der Waals surface area (Å²) in [7, 11) is -3.16. The predicted octanol–water partition coefficient (Wildman–Crippen LogP) is 2.94. The SMILES string of the molecule is CCNC(=NCc1nccc2ccccc12)NCCc1ccc(S(C)(=O)=O)cc1. The molecule has 3 rings (SSSR count). The van der Waals surface area contributed by atoms with Crippen LogP contribution in [0.2, 0.25) is 0 Å². The predicted molar refractivity (Wildman–Crippen MR) is 118 cm³/mol. The Bertz CT molecular complexity index is 1090. The van der Waals surface area contributed by atoms with Crippen LogP contribution in [0.25, 0.3) is 10.8 Å². The second kappa shape index (κ2) is 9.52. The van der Waals surface area contributed by atoms with Crippen molar-refractivity contribution < 1.29 is 8.42 Å². The molecule has 2 aromatic carbocycles. The molecule has 1 heterocycles. The number of hydrogen-bond acceptors (Lipinski definition) is 4. The molecule has 29 heavy (non-hydrogen) atoms. The molecular formula is C22H26N4O2S. The zero-order valence-corrected chi connectivity index (χ0v) is 17.5. The maximum Gasteiger partial charge on any atom is 0.191 e. The monoisotopic (exact) mass is 410 g/mol. The third-order valence-electron chi connectivity index (χ3n) is 4.54. The average molecular weight is 411 g/mol. The summed E-state index contributed by atoms with van der Waals surface area (Å²) >= 11 is 0. The summed E-state index contributed by atoms with van der Waals surface area (Å²) in [6.07, 6.45) is 3.79. The highest BCUT2D eigenvalue weighted by molar-refractivity contribution is 7.90. The lowest BCUT2D eigenvalue weighted by Crippen LogP contribution is -2.38. The normalized spacial score (nSPS) is 12.1. The lowest BCUT2D eigenvalue weighted by molar-refractivity contribution is 0.602. The van der Waals surface area contributed by atoms with E-state index in [0.29, 0.717) is 18.0 Å². The number of hydrogen-bond donors (Lipinski definition) is 2. The average Bonchev–Trinajstić information content (AvgIpc) is 2.71. The van der Waals surface area contributed by atoms with Crippen molar-refractivity contribution in [3.8, 4) is 0 Å². The van der Waals surface area contributed by atoms with Gasteiger partial charge in [-0.1, -0.05) is 36.4 Å². The first-order valence-corrected chi connectivity index (χ1v) is 11.5. The molecule has 0 aliphatic heterocycles. The molecule has 0 aliphatic rings. The Labute approximate surface area is 172 Å². The molecule has 0 spiro atoms. The third-order valence-corrected chi connectivity index (χ3v) is 5.67. The number of aromatic nitrogens is 1. The fraction of sp³-hybridized carbons (Fsp3) is 0.273. The summed E-state index contributed by atoms with van der Waals surface area (Å²) in [6.45, 7) is 3.96. The topological polar surface area (TPSA) is 83.4 Å². The number of aliphatic imine (C=N–C) groups is 1. The Balaban J connectivity index is 1.62. The first-order chi connectivity index (χ1) is 14.0. The Morgan fingerprint density at radius 2 is 1.79 bits per heavy atom. The molecule has 0 fully saturated rings. The number of guanidine groups is 1. The van der Waals surface area contributed by atoms with Crippen molar-refractivity contribution in [2.24, 2.45) is 4.99 Å². The van der Waals surface area contributed by atoms with Crippen molar-refractivity contribution in [1.29, 1.82) is 0 Å². The summed E-state index contributed by atoms with van der Waals surface area (Å²) in [4.78, 5) is 9.49. The molecule has 0 bridgehead atoms. The molecule has 7 heteroatoms. The molecule has 0 unspecified atom stereocenters. The van der Waals surface area contributed by atoms with Crippen LogP contribution in [-0.4, -0.2) is 38.7 Å². The number of benzene rings is 2. The van der Waals surface area contributed by atoms with Gasteiger partial charge in [-0.15, -0.1) is 0 Å². The minimum Gasteiger partial charge on any atom is -0.357 e. The number of fused-ring (bicyclic) bond motifs is 1. The van der Waals surface area contributed by atoms with Crippen LogP contribution in [0, 0.1) is 0 Å². The number of sulfone groups is 1. The first kappa shape index (κ1) is 20.8. The Hall–Kier alpha value is -2.93. The van der Waals surface area contributed by atoms with Gasteiger partial charge < -0.3 is 10.6 Å². The van der Waals surface area contributed by atoms with Gasteiger partial charge >= 0.3 is 0 Å². The lowest BCUT2D eigenvalue weighted by Gasteiger charge is -2.12. The van der Waals surface area contributed by atoms with E-state index < -0.39 is 9.84 Å². The first-order valence-electron chi connectivity index (χ1n) is 9.61. The van der Waals surface area contributed by atoms with Crippen molar-refractivity contribution in [1.82, 2.24) is 15.6 Å². The van der Waals surface area contributed by atoms with Crippen LogP contribution in [0.1, 0.15) is 18.2 Å². The molecule has 1 aromatic heterocycles. The number of nitrogens with one attached hydrogen (secondary N) is 2. The summed E-state index contributed by atoms with van der Waals surface area (Å²) < 4.78 is 23.1. The van der Waals surface area contributed by atoms with E-state index in [1.165, 1.54) is 6.26 Å². The fourth-order valence-corrected chi connectivity index (χ4v) is 3.66. The van der Waals surface area contributed by atoms with Crippen molar-refractivity contribution in [3.63, 3.8) is 0 Å². The smallest absolute Gasteiger partial charge is 0.191 e. The van der Waals surface area contributed by atoms with Crippen molar-refractivity contribution in [2.45, 2.75) is 24.8 Å². The minimum atomic E-state index is -3.16. The molecule has 0 aliphatic carbocycles. The molecule has 0 radical (unpaired) electrons. The van der Waals surface area contributed by atoms with Crippen molar-refractivity contribution in [3.05, 3.63) is 72.1 Å². The zero-order chi connectivity index (χ0) is 20.7. The Kier molecular flexibility index (Phi) is 6.82. The molecular weight excluding hydrogens is 384 g/mol. The van der Waals surface area contributed by atoms with Crippen LogP contribution in [0.5, 0.6) is 0 Å². The number of rotatable bonds is 7. The second-order valence-electron chi connectivity index (χ2n) is 6.77. The van der Waals surface area contributed by atoms with Gasteiger partial charge in [-0.3, -0.25) is 4.98 Å². The largest absolute Gasteiger partial charge is 0.357 e. The van der Waals surface area contributed by atoms with Gasteiger partial charge in [-0.2, -0.15) is 0 Å². The van der Waals surface area contributed by atoms with Crippen molar-refractivity contribution in [2.75, 3.05) is 19.3 Å². The molecule has 0 saturated carbocycles. The molecule has 3 aromatic rings. The zero-order valence-electron chi connectivity index (χ0n) is 16.7. The fourth-order valence-electron chi connectivity index (χ4n) is 3.03. The summed E-state index contributed by atoms with van der Waals surface area (Å²) in [6, 6.07) is 17.2. The van der Waals surface area contributed by atoms with Gasteiger partial charge in [0.05, 0.1) is 17.1 Å². The van der Waals surface area contributed by atoms with Gasteiger partial charge in [-0.25, -0.2) is 13.4 Å². The van der Waals surface area contributed by atoms with E-state index in [4.69, 9.17) is 0 Å². The maximum atomic E-state index is 11.5. The molecule has 152 valence electrons. The Morgan fingerprint density at radius 1 is 1.03 bits per heavy atom. The van der Waals surface area contributed by atoms with Crippen molar-refractivity contribution >= 4 is 26.6 Å². The number of pyridine rings is 1. The van der Waals surface area contributed by atoms with E-state index in [1.807, 2.05) is 43.5 Å². The van der Waals surface area contributed by atoms with E-state index in [2.05, 4.69) is 32.7 Å². The van der Waals surface area contributed by atoms with Crippen LogP contribution in [-0.2, 0) is 22.8 Å². The second-order valence-corrected chi connectivity index (χ2v) is 8.78. The van der Waals surface area contributed by atoms with Gasteiger partial charge in [0, 0.05) is 30.9 Å². The Morgan fingerprint density at radius 3 is 2.52 bits per heavy atom. The number of nitrogens with zero attached hydrogens (tertiary/aromatic N) is 2. The van der Waals surface area contributed by atoms with E-state index in [0.717, 1.165) is 41.0 Å². The van der Waals surface area contributed by atoms with Gasteiger partial charge in [-0.05, 0) is 42.5 Å². The van der Waals surface area contributed by atoms with Gasteiger partial charge in [0.1, 0.15) is 0 Å². The minimum absolute atomic E-state index is 0.340. The molecule has 0 saturated heterocycles. The standard InChI is InChI=1S/C22H26N4O2S/c1-3-23-22(25-14-12-17-8-10-19(11-9-17)29(2,27)28)26-16-21-20-7-5-4-6-18(20)13-15-24-21/h4-11,13,15H,3,12,14,16H2,1-2H3,(H2,23,25,26). The molecule has 6 nitrogen and oxygen atoms in total. The van der Waals surface area contributed by atoms with E-state index in [-0.39, 0.29) is 0 Å². The highest BCUT2D eigenvalue weighted by Crippen LogP contribution is 2.16. The van der Waals surface area contributed by atoms with Gasteiger partial charge in [0.15, 0.2) is 15.8 Å². The van der Waals surface area contributed by atoms with Crippen LogP contribution >= 0.6 is 0 Å². The lowest BCUT2D eigenvalue weighted by atomic mass is 10.1. The molecule has 0 amide bonds. The maximum absolute atomic E-state index is 11.5. The quantitative estimate of drug-likeness (QED) is 0.462. The third kappa shape index (κ3) is 5.77. The highest BCUT2D eigenvalue weighted by atomic mass is 32.2. The summed E-state index contributed by atoms with van der Waals surface area (Å²) in [5.74, 6) is 0.731. The summed E-state index contributed by atoms with van der Waals surface area (Å²) in [5, 5.41) is 8.84. The summed E-state index contributed by atoms with van der Waals surface area (Å²) in [5.41, 5.74) is 2.01. The van der Waals surface area contributed by atoms with Crippen LogP contribution in [0.4, 0.5) is 0 Å². The van der Waals surface area contributed by atoms with E-state index >= 15 is 0 Å².